The fourth-order valence-electron chi connectivity index (χ4n) is 1.41. The van der Waals surface area contributed by atoms with Crippen LogP contribution in [0.1, 0.15) is 0 Å². The lowest BCUT2D eigenvalue weighted by Gasteiger charge is -2.03. The van der Waals surface area contributed by atoms with Gasteiger partial charge in [0.1, 0.15) is 0 Å². The van der Waals surface area contributed by atoms with Crippen molar-refractivity contribution < 1.29 is 0 Å². The van der Waals surface area contributed by atoms with Gasteiger partial charge < -0.3 is 5.32 Å². The van der Waals surface area contributed by atoms with Gasteiger partial charge in [0.25, 0.3) is 0 Å². The lowest BCUT2D eigenvalue weighted by Crippen LogP contribution is -1.83. The normalized spacial score (nSPS) is 9.79. The average Bonchev–Trinajstić information content (AvgIpc) is 2.30. The van der Waals surface area contributed by atoms with E-state index in [9.17, 15) is 0 Å². The van der Waals surface area contributed by atoms with E-state index in [2.05, 4.69) is 36.6 Å². The Morgan fingerprint density at radius 2 is 1.29 bits per heavy atom. The molecule has 14 heavy (non-hydrogen) atoms. The molecule has 0 aliphatic rings. The number of hydrogen-bond acceptors (Lipinski definition) is 1. The Bertz CT molecular complexity index is 389. The van der Waals surface area contributed by atoms with Crippen LogP contribution in [0.4, 0.5) is 5.69 Å². The third-order valence-corrected chi connectivity index (χ3v) is 2.20. The summed E-state index contributed by atoms with van der Waals surface area (Å²) in [6.45, 7) is 0. The van der Waals surface area contributed by atoms with Crippen LogP contribution >= 0.6 is 0 Å². The molecule has 0 saturated heterocycles. The van der Waals surface area contributed by atoms with Gasteiger partial charge >= 0.3 is 0 Å². The van der Waals surface area contributed by atoms with E-state index in [4.69, 9.17) is 0 Å². The Labute approximate surface area is 84.4 Å². The third-order valence-electron chi connectivity index (χ3n) is 2.20. The van der Waals surface area contributed by atoms with Crippen LogP contribution in [0.15, 0.2) is 54.6 Å². The van der Waals surface area contributed by atoms with Crippen molar-refractivity contribution in [2.75, 3.05) is 5.32 Å². The van der Waals surface area contributed by atoms with Gasteiger partial charge in [-0.2, -0.15) is 0 Å². The van der Waals surface area contributed by atoms with Gasteiger partial charge in [0.15, 0.2) is 0 Å². The first-order chi connectivity index (χ1) is 6.90. The zero-order valence-electron chi connectivity index (χ0n) is 7.90. The van der Waals surface area contributed by atoms with E-state index in [0.29, 0.717) is 0 Å². The van der Waals surface area contributed by atoms with E-state index in [0.717, 1.165) is 5.69 Å². The minimum absolute atomic E-state index is 1.03. The standard InChI is InChI=1S/C13H12N/c1-14-13-9-7-12(8-10-13)11-5-3-2-4-6-11/h2-10,14H,1H2. The van der Waals surface area contributed by atoms with Gasteiger partial charge in [-0.3, -0.25) is 0 Å². The molecule has 1 heteroatoms. The topological polar surface area (TPSA) is 12.0 Å². The van der Waals surface area contributed by atoms with Crippen molar-refractivity contribution in [1.82, 2.24) is 0 Å². The molecule has 0 aromatic heterocycles. The molecule has 0 unspecified atom stereocenters. The Kier molecular flexibility index (Phi) is 2.50. The van der Waals surface area contributed by atoms with Crippen LogP contribution in [-0.4, -0.2) is 0 Å². The number of hydrogen-bond donors (Lipinski definition) is 1. The smallest absolute Gasteiger partial charge is 0.0341 e. The summed E-state index contributed by atoms with van der Waals surface area (Å²) in [5.74, 6) is 0. The van der Waals surface area contributed by atoms with Gasteiger partial charge in [0.2, 0.25) is 0 Å². The molecule has 1 N–H and O–H groups in total. The maximum absolute atomic E-state index is 3.61. The Morgan fingerprint density at radius 3 is 1.86 bits per heavy atom. The highest BCUT2D eigenvalue weighted by molar-refractivity contribution is 5.65. The van der Waals surface area contributed by atoms with Crippen LogP contribution < -0.4 is 5.32 Å². The van der Waals surface area contributed by atoms with Crippen molar-refractivity contribution in [2.24, 2.45) is 0 Å². The number of nitrogens with one attached hydrogen (secondary N) is 1. The molecule has 0 bridgehead atoms. The van der Waals surface area contributed by atoms with Crippen LogP contribution in [0.25, 0.3) is 11.1 Å². The van der Waals surface area contributed by atoms with Crippen molar-refractivity contribution in [3.05, 3.63) is 61.6 Å². The highest BCUT2D eigenvalue weighted by atomic mass is 14.8. The van der Waals surface area contributed by atoms with Gasteiger partial charge in [-0.1, -0.05) is 42.5 Å². The lowest BCUT2D eigenvalue weighted by molar-refractivity contribution is 1.57. The summed E-state index contributed by atoms with van der Waals surface area (Å²) >= 11 is 0. The maximum Gasteiger partial charge on any atom is 0.0341 e. The van der Waals surface area contributed by atoms with Crippen molar-refractivity contribution in [3.63, 3.8) is 0 Å². The summed E-state index contributed by atoms with van der Waals surface area (Å²) < 4.78 is 0. The molecule has 69 valence electrons. The van der Waals surface area contributed by atoms with Crippen molar-refractivity contribution in [3.8, 4) is 11.1 Å². The van der Waals surface area contributed by atoms with E-state index < -0.39 is 0 Å². The first kappa shape index (κ1) is 8.82. The average molecular weight is 182 g/mol. The number of rotatable bonds is 2. The van der Waals surface area contributed by atoms with Crippen LogP contribution in [0.5, 0.6) is 0 Å². The molecule has 0 aliphatic carbocycles. The molecule has 0 atom stereocenters. The Balaban J connectivity index is 2.34. The van der Waals surface area contributed by atoms with Crippen molar-refractivity contribution in [2.45, 2.75) is 0 Å². The molecule has 0 saturated carbocycles. The molecule has 1 radical (unpaired) electrons. The fourth-order valence-corrected chi connectivity index (χ4v) is 1.41. The summed E-state index contributed by atoms with van der Waals surface area (Å²) in [6, 6.07) is 18.5. The number of anilines is 1. The molecule has 2 aromatic rings. The second kappa shape index (κ2) is 3.97. The maximum atomic E-state index is 3.61. The largest absolute Gasteiger partial charge is 0.383 e. The fraction of sp³-hybridized carbons (Fsp3) is 0. The summed E-state index contributed by atoms with van der Waals surface area (Å²) in [7, 11) is 3.61. The van der Waals surface area contributed by atoms with Gasteiger partial charge in [0.05, 0.1) is 0 Å². The summed E-state index contributed by atoms with van der Waals surface area (Å²) in [6.07, 6.45) is 0. The second-order valence-electron chi connectivity index (χ2n) is 3.12. The first-order valence-electron chi connectivity index (χ1n) is 4.59. The molecule has 2 aromatic carbocycles. The van der Waals surface area contributed by atoms with E-state index >= 15 is 0 Å². The molecule has 0 heterocycles. The van der Waals surface area contributed by atoms with E-state index in [1.165, 1.54) is 11.1 Å². The quantitative estimate of drug-likeness (QED) is 0.748. The van der Waals surface area contributed by atoms with Gasteiger partial charge in [-0.15, -0.1) is 0 Å². The molecule has 1 nitrogen and oxygen atoms in total. The zero-order valence-corrected chi connectivity index (χ0v) is 7.90. The molecule has 0 fully saturated rings. The van der Waals surface area contributed by atoms with Crippen LogP contribution in [0.2, 0.25) is 0 Å². The minimum atomic E-state index is 1.03. The van der Waals surface area contributed by atoms with E-state index in [1.807, 2.05) is 30.3 Å². The van der Waals surface area contributed by atoms with Gasteiger partial charge in [-0.25, -0.2) is 0 Å². The number of benzene rings is 2. The van der Waals surface area contributed by atoms with Crippen molar-refractivity contribution >= 4 is 5.69 Å². The Hall–Kier alpha value is -1.76. The summed E-state index contributed by atoms with van der Waals surface area (Å²) in [5, 5.41) is 2.86. The SMILES string of the molecule is [CH2]Nc1ccc(-c2ccccc2)cc1. The lowest BCUT2D eigenvalue weighted by atomic mass is 10.1. The second-order valence-corrected chi connectivity index (χ2v) is 3.12. The highest BCUT2D eigenvalue weighted by Crippen LogP contribution is 2.20. The molecular weight excluding hydrogens is 170 g/mol. The first-order valence-corrected chi connectivity index (χ1v) is 4.59. The minimum Gasteiger partial charge on any atom is -0.383 e. The predicted molar refractivity (Wildman–Crippen MR) is 60.9 cm³/mol. The van der Waals surface area contributed by atoms with Crippen LogP contribution in [0.3, 0.4) is 0 Å². The van der Waals surface area contributed by atoms with Crippen LogP contribution in [0, 0.1) is 7.05 Å². The van der Waals surface area contributed by atoms with Crippen LogP contribution in [-0.2, 0) is 0 Å². The molecule has 0 aliphatic heterocycles. The van der Waals surface area contributed by atoms with E-state index in [-0.39, 0.29) is 0 Å². The monoisotopic (exact) mass is 182 g/mol. The zero-order chi connectivity index (χ0) is 9.80. The molecule has 0 spiro atoms. The summed E-state index contributed by atoms with van der Waals surface area (Å²) in [5.41, 5.74) is 3.50. The molecular formula is C13H12N. The predicted octanol–water partition coefficient (Wildman–Crippen LogP) is 3.56. The van der Waals surface area contributed by atoms with Crippen molar-refractivity contribution in [1.29, 1.82) is 0 Å². The molecule has 2 rings (SSSR count). The third kappa shape index (κ3) is 1.77. The highest BCUT2D eigenvalue weighted by Gasteiger charge is 1.95. The van der Waals surface area contributed by atoms with E-state index in [1.54, 1.807) is 0 Å². The Morgan fingerprint density at radius 1 is 0.714 bits per heavy atom. The molecule has 0 amide bonds. The van der Waals surface area contributed by atoms with Gasteiger partial charge in [0, 0.05) is 12.7 Å². The van der Waals surface area contributed by atoms with Gasteiger partial charge in [-0.05, 0) is 23.3 Å². The summed E-state index contributed by atoms with van der Waals surface area (Å²) in [4.78, 5) is 0.